The van der Waals surface area contributed by atoms with Crippen LogP contribution in [0.2, 0.25) is 0 Å². The quantitative estimate of drug-likeness (QED) is 0.895. The van der Waals surface area contributed by atoms with Gasteiger partial charge in [-0.3, -0.25) is 9.59 Å². The first-order valence-corrected chi connectivity index (χ1v) is 9.27. The van der Waals surface area contributed by atoms with Gasteiger partial charge in [-0.1, -0.05) is 20.8 Å². The fourth-order valence-corrected chi connectivity index (χ4v) is 3.45. The van der Waals surface area contributed by atoms with Crippen LogP contribution >= 0.6 is 0 Å². The molecule has 6 heteroatoms. The van der Waals surface area contributed by atoms with Crippen molar-refractivity contribution in [3.05, 3.63) is 42.4 Å². The van der Waals surface area contributed by atoms with Gasteiger partial charge < -0.3 is 19.4 Å². The van der Waals surface area contributed by atoms with Gasteiger partial charge in [0.05, 0.1) is 18.5 Å². The zero-order chi connectivity index (χ0) is 19.2. The van der Waals surface area contributed by atoms with Crippen LogP contribution in [-0.4, -0.2) is 25.0 Å². The highest BCUT2D eigenvalue weighted by Crippen LogP contribution is 2.48. The summed E-state index contributed by atoms with van der Waals surface area (Å²) in [6, 6.07) is 9.19. The molecule has 0 unspecified atom stereocenters. The molecule has 1 N–H and O–H groups in total. The van der Waals surface area contributed by atoms with Crippen molar-refractivity contribution < 1.29 is 18.7 Å². The Morgan fingerprint density at radius 2 is 2.04 bits per heavy atom. The number of amides is 2. The van der Waals surface area contributed by atoms with Gasteiger partial charge in [0.15, 0.2) is 0 Å². The van der Waals surface area contributed by atoms with Crippen LogP contribution in [0.5, 0.6) is 5.75 Å². The first kappa shape index (κ1) is 17.6. The topological polar surface area (TPSA) is 71.8 Å². The molecule has 2 atom stereocenters. The van der Waals surface area contributed by atoms with E-state index in [1.54, 1.807) is 11.2 Å². The Morgan fingerprint density at radius 1 is 1.22 bits per heavy atom. The Labute approximate surface area is 158 Å². The van der Waals surface area contributed by atoms with Crippen molar-refractivity contribution in [1.29, 1.82) is 0 Å². The maximum atomic E-state index is 12.8. The summed E-state index contributed by atoms with van der Waals surface area (Å²) in [4.78, 5) is 27.1. The van der Waals surface area contributed by atoms with Crippen molar-refractivity contribution >= 4 is 23.2 Å². The van der Waals surface area contributed by atoms with E-state index in [1.807, 2.05) is 51.1 Å². The lowest BCUT2D eigenvalue weighted by molar-refractivity contribution is -0.126. The Balaban J connectivity index is 1.50. The molecule has 0 bridgehead atoms. The predicted molar refractivity (Wildman–Crippen MR) is 102 cm³/mol. The number of carbonyl (C=O) groups is 2. The van der Waals surface area contributed by atoms with Gasteiger partial charge in [-0.15, -0.1) is 0 Å². The number of benzene rings is 1. The molecule has 27 heavy (non-hydrogen) atoms. The molecule has 0 spiro atoms. The molecule has 1 aliphatic heterocycles. The van der Waals surface area contributed by atoms with Crippen molar-refractivity contribution in [1.82, 2.24) is 0 Å². The number of nitrogens with zero attached hydrogens (tertiary/aromatic N) is 1. The third kappa shape index (κ3) is 3.44. The van der Waals surface area contributed by atoms with E-state index >= 15 is 0 Å². The molecular weight excluding hydrogens is 344 g/mol. The summed E-state index contributed by atoms with van der Waals surface area (Å²) in [5.74, 6) is 1.61. The van der Waals surface area contributed by atoms with E-state index in [0.717, 1.165) is 12.2 Å². The highest BCUT2D eigenvalue weighted by atomic mass is 16.5. The molecule has 1 fully saturated rings. The number of hydrogen-bond acceptors (Lipinski definition) is 4. The second-order valence-electron chi connectivity index (χ2n) is 8.19. The van der Waals surface area contributed by atoms with Gasteiger partial charge in [0.1, 0.15) is 18.1 Å². The lowest BCUT2D eigenvalue weighted by Gasteiger charge is -2.34. The number of nitrogens with one attached hydrogen (secondary N) is 1. The smallest absolute Gasteiger partial charge is 0.232 e. The van der Waals surface area contributed by atoms with Crippen molar-refractivity contribution in [3.63, 3.8) is 0 Å². The number of rotatable bonds is 3. The Bertz CT molecular complexity index is 867. The molecular formula is C21H24N2O4. The largest absolute Gasteiger partial charge is 0.490 e. The van der Waals surface area contributed by atoms with Gasteiger partial charge in [0.2, 0.25) is 11.8 Å². The zero-order valence-corrected chi connectivity index (χ0v) is 15.8. The van der Waals surface area contributed by atoms with E-state index in [2.05, 4.69) is 5.32 Å². The van der Waals surface area contributed by atoms with E-state index in [1.165, 1.54) is 0 Å². The standard InChI is InChI=1S/C21H24N2O4/c1-21(2,3)20(25)23-8-10-27-18-7-6-13(11-16(18)23)22-19(24)15-12-14(15)17-5-4-9-26-17/h4-7,9,11,14-15H,8,10,12H2,1-3H3,(H,22,24)/t14-,15-/m1/s1. The molecule has 142 valence electrons. The summed E-state index contributed by atoms with van der Waals surface area (Å²) in [5, 5.41) is 2.97. The van der Waals surface area contributed by atoms with Crippen molar-refractivity contribution in [3.8, 4) is 5.75 Å². The van der Waals surface area contributed by atoms with Gasteiger partial charge in [-0.25, -0.2) is 0 Å². The van der Waals surface area contributed by atoms with E-state index in [4.69, 9.17) is 9.15 Å². The average Bonchev–Trinajstić information content (AvgIpc) is 3.25. The van der Waals surface area contributed by atoms with Crippen LogP contribution in [0.1, 0.15) is 38.9 Å². The van der Waals surface area contributed by atoms with Crippen LogP contribution in [0.4, 0.5) is 11.4 Å². The molecule has 2 amide bonds. The third-order valence-corrected chi connectivity index (χ3v) is 5.01. The van der Waals surface area contributed by atoms with Crippen LogP contribution in [0.25, 0.3) is 0 Å². The number of carbonyl (C=O) groups excluding carboxylic acids is 2. The van der Waals surface area contributed by atoms with E-state index in [9.17, 15) is 9.59 Å². The first-order valence-electron chi connectivity index (χ1n) is 9.27. The molecule has 0 saturated heterocycles. The van der Waals surface area contributed by atoms with Gasteiger partial charge in [-0.05, 0) is 36.8 Å². The maximum Gasteiger partial charge on any atom is 0.232 e. The summed E-state index contributed by atoms with van der Waals surface area (Å²) < 4.78 is 11.1. The van der Waals surface area contributed by atoms with Crippen molar-refractivity contribution in [2.75, 3.05) is 23.4 Å². The van der Waals surface area contributed by atoms with Crippen LogP contribution in [-0.2, 0) is 9.59 Å². The summed E-state index contributed by atoms with van der Waals surface area (Å²) >= 11 is 0. The Kier molecular flexibility index (Phi) is 4.21. The summed E-state index contributed by atoms with van der Waals surface area (Å²) in [5.41, 5.74) is 0.886. The van der Waals surface area contributed by atoms with Crippen LogP contribution in [0.3, 0.4) is 0 Å². The molecule has 1 aliphatic carbocycles. The molecule has 2 heterocycles. The number of ether oxygens (including phenoxy) is 1. The first-order chi connectivity index (χ1) is 12.8. The van der Waals surface area contributed by atoms with Crippen molar-refractivity contribution in [2.45, 2.75) is 33.1 Å². The van der Waals surface area contributed by atoms with Crippen LogP contribution in [0.15, 0.2) is 41.0 Å². The highest BCUT2D eigenvalue weighted by molar-refractivity contribution is 6.00. The molecule has 0 radical (unpaired) electrons. The predicted octanol–water partition coefficient (Wildman–Crippen LogP) is 3.79. The summed E-state index contributed by atoms with van der Waals surface area (Å²) in [6.45, 7) is 6.67. The molecule has 1 aromatic carbocycles. The lowest BCUT2D eigenvalue weighted by atomic mass is 9.94. The fourth-order valence-electron chi connectivity index (χ4n) is 3.45. The second kappa shape index (κ2) is 6.44. The van der Waals surface area contributed by atoms with Gasteiger partial charge in [-0.2, -0.15) is 0 Å². The van der Waals surface area contributed by atoms with E-state index < -0.39 is 5.41 Å². The minimum Gasteiger partial charge on any atom is -0.490 e. The van der Waals surface area contributed by atoms with Gasteiger partial charge in [0.25, 0.3) is 0 Å². The molecule has 2 aromatic rings. The van der Waals surface area contributed by atoms with E-state index in [-0.39, 0.29) is 23.7 Å². The number of anilines is 2. The second-order valence-corrected chi connectivity index (χ2v) is 8.19. The monoisotopic (exact) mass is 368 g/mol. The molecule has 4 rings (SSSR count). The SMILES string of the molecule is CC(C)(C)C(=O)N1CCOc2ccc(NC(=O)[C@@H]3C[C@H]3c3ccco3)cc21. The summed E-state index contributed by atoms with van der Waals surface area (Å²) in [6.07, 6.45) is 2.43. The molecule has 6 nitrogen and oxygen atoms in total. The minimum atomic E-state index is -0.488. The normalized spacial score (nSPS) is 21.2. The highest BCUT2D eigenvalue weighted by Gasteiger charge is 2.46. The Hall–Kier alpha value is -2.76. The number of hydrogen-bond donors (Lipinski definition) is 1. The average molecular weight is 368 g/mol. The molecule has 2 aliphatic rings. The Morgan fingerprint density at radius 3 is 2.74 bits per heavy atom. The fraction of sp³-hybridized carbons (Fsp3) is 0.429. The van der Waals surface area contributed by atoms with Gasteiger partial charge >= 0.3 is 0 Å². The van der Waals surface area contributed by atoms with Crippen LogP contribution < -0.4 is 15.0 Å². The van der Waals surface area contributed by atoms with Crippen LogP contribution in [0, 0.1) is 11.3 Å². The maximum absolute atomic E-state index is 12.8. The van der Waals surface area contributed by atoms with Crippen molar-refractivity contribution in [2.24, 2.45) is 11.3 Å². The lowest BCUT2D eigenvalue weighted by Crippen LogP contribution is -2.44. The minimum absolute atomic E-state index is 0.0261. The number of furan rings is 1. The summed E-state index contributed by atoms with van der Waals surface area (Å²) in [7, 11) is 0. The molecule has 1 aromatic heterocycles. The molecule has 1 saturated carbocycles. The third-order valence-electron chi connectivity index (χ3n) is 5.01. The van der Waals surface area contributed by atoms with E-state index in [0.29, 0.717) is 30.3 Å². The zero-order valence-electron chi connectivity index (χ0n) is 15.8. The van der Waals surface area contributed by atoms with Gasteiger partial charge in [0, 0.05) is 22.9 Å². The number of fused-ring (bicyclic) bond motifs is 1.